The molecule has 0 aliphatic rings. The van der Waals surface area contributed by atoms with Gasteiger partial charge in [0.25, 0.3) is 0 Å². The van der Waals surface area contributed by atoms with Crippen LogP contribution < -0.4 is 15.4 Å². The summed E-state index contributed by atoms with van der Waals surface area (Å²) in [7, 11) is 0. The standard InChI is InChI=1S/C30H28N2O3/c1-3-17-31-27-19-23(9-15-29(27)33)21-5-11-25(12-6-21)35-26-13-7-22(8-14-26)24-10-16-30(34)28(20-24)32-18-4-2/h3-16,19-20,31-34H,1-2,17-18H2. The van der Waals surface area contributed by atoms with Gasteiger partial charge >= 0.3 is 0 Å². The van der Waals surface area contributed by atoms with Crippen LogP contribution in [0.25, 0.3) is 22.3 Å². The molecule has 4 aromatic rings. The largest absolute Gasteiger partial charge is 0.506 e. The molecule has 0 saturated carbocycles. The number of hydrogen-bond donors (Lipinski definition) is 4. The molecule has 0 atom stereocenters. The maximum Gasteiger partial charge on any atom is 0.138 e. The summed E-state index contributed by atoms with van der Waals surface area (Å²) >= 11 is 0. The molecule has 176 valence electrons. The second-order valence-corrected chi connectivity index (χ2v) is 7.95. The van der Waals surface area contributed by atoms with E-state index in [2.05, 4.69) is 23.8 Å². The van der Waals surface area contributed by atoms with Crippen LogP contribution in [0, 0.1) is 0 Å². The van der Waals surface area contributed by atoms with Gasteiger partial charge in [0, 0.05) is 13.1 Å². The lowest BCUT2D eigenvalue weighted by molar-refractivity contribution is 0.477. The average Bonchev–Trinajstić information content (AvgIpc) is 2.89. The van der Waals surface area contributed by atoms with Crippen LogP contribution in [0.1, 0.15) is 0 Å². The van der Waals surface area contributed by atoms with E-state index in [1.165, 1.54) is 0 Å². The first-order valence-corrected chi connectivity index (χ1v) is 11.3. The third-order valence-electron chi connectivity index (χ3n) is 5.48. The highest BCUT2D eigenvalue weighted by molar-refractivity contribution is 5.73. The summed E-state index contributed by atoms with van der Waals surface area (Å²) in [5.41, 5.74) is 5.34. The minimum atomic E-state index is 0.204. The Bertz CT molecular complexity index is 1210. The number of nitrogens with one attached hydrogen (secondary N) is 2. The maximum absolute atomic E-state index is 10.0. The van der Waals surface area contributed by atoms with E-state index in [0.29, 0.717) is 24.5 Å². The highest BCUT2D eigenvalue weighted by Gasteiger charge is 2.07. The van der Waals surface area contributed by atoms with E-state index < -0.39 is 0 Å². The van der Waals surface area contributed by atoms with E-state index in [1.54, 1.807) is 24.3 Å². The molecule has 0 amide bonds. The molecule has 35 heavy (non-hydrogen) atoms. The van der Waals surface area contributed by atoms with Gasteiger partial charge in [-0.05, 0) is 70.8 Å². The van der Waals surface area contributed by atoms with Crippen LogP contribution in [0.5, 0.6) is 23.0 Å². The summed E-state index contributed by atoms with van der Waals surface area (Å²) in [5.74, 6) is 1.86. The van der Waals surface area contributed by atoms with Gasteiger partial charge in [-0.2, -0.15) is 0 Å². The topological polar surface area (TPSA) is 73.8 Å². The highest BCUT2D eigenvalue weighted by atomic mass is 16.5. The molecule has 0 radical (unpaired) electrons. The van der Waals surface area contributed by atoms with Gasteiger partial charge in [-0.3, -0.25) is 0 Å². The average molecular weight is 465 g/mol. The third-order valence-corrected chi connectivity index (χ3v) is 5.48. The number of ether oxygens (including phenoxy) is 1. The third kappa shape index (κ3) is 5.84. The summed E-state index contributed by atoms with van der Waals surface area (Å²) in [4.78, 5) is 0. The van der Waals surface area contributed by atoms with E-state index in [4.69, 9.17) is 4.74 Å². The number of phenolic OH excluding ortho intramolecular Hbond substituents is 2. The molecule has 0 heterocycles. The maximum atomic E-state index is 10.0. The van der Waals surface area contributed by atoms with Crippen molar-refractivity contribution in [2.75, 3.05) is 23.7 Å². The zero-order chi connectivity index (χ0) is 24.6. The molecular formula is C30H28N2O3. The molecule has 5 heteroatoms. The van der Waals surface area contributed by atoms with Crippen molar-refractivity contribution < 1.29 is 14.9 Å². The Morgan fingerprint density at radius 3 is 1.31 bits per heavy atom. The van der Waals surface area contributed by atoms with E-state index >= 15 is 0 Å². The number of anilines is 2. The molecule has 5 nitrogen and oxygen atoms in total. The molecule has 0 spiro atoms. The minimum absolute atomic E-state index is 0.204. The lowest BCUT2D eigenvalue weighted by atomic mass is 10.0. The molecule has 0 aliphatic carbocycles. The van der Waals surface area contributed by atoms with Crippen LogP contribution in [0.4, 0.5) is 11.4 Å². The molecular weight excluding hydrogens is 436 g/mol. The van der Waals surface area contributed by atoms with Gasteiger partial charge in [0.15, 0.2) is 0 Å². The van der Waals surface area contributed by atoms with Gasteiger partial charge in [0.05, 0.1) is 11.4 Å². The fraction of sp³-hybridized carbons (Fsp3) is 0.0667. The predicted octanol–water partition coefficient (Wildman–Crippen LogP) is 7.42. The van der Waals surface area contributed by atoms with Crippen LogP contribution in [-0.2, 0) is 0 Å². The Hall–Kier alpha value is -4.64. The van der Waals surface area contributed by atoms with Crippen molar-refractivity contribution in [3.63, 3.8) is 0 Å². The number of phenols is 2. The van der Waals surface area contributed by atoms with Gasteiger partial charge in [0.1, 0.15) is 23.0 Å². The number of hydrogen-bond acceptors (Lipinski definition) is 5. The predicted molar refractivity (Wildman–Crippen MR) is 145 cm³/mol. The van der Waals surface area contributed by atoms with Crippen LogP contribution in [0.15, 0.2) is 110 Å². The summed E-state index contributed by atoms with van der Waals surface area (Å²) in [6.45, 7) is 8.53. The Labute approximate surface area is 205 Å². The molecule has 0 fully saturated rings. The molecule has 4 aromatic carbocycles. The monoisotopic (exact) mass is 464 g/mol. The van der Waals surface area contributed by atoms with Gasteiger partial charge in [0.2, 0.25) is 0 Å². The second kappa shape index (κ2) is 11.0. The van der Waals surface area contributed by atoms with Gasteiger partial charge < -0.3 is 25.6 Å². The van der Waals surface area contributed by atoms with Crippen LogP contribution >= 0.6 is 0 Å². The Balaban J connectivity index is 1.45. The molecule has 0 bridgehead atoms. The van der Waals surface area contributed by atoms with Gasteiger partial charge in [-0.25, -0.2) is 0 Å². The first kappa shape index (κ1) is 23.5. The normalized spacial score (nSPS) is 10.4. The molecule has 0 unspecified atom stereocenters. The first-order chi connectivity index (χ1) is 17.1. The highest BCUT2D eigenvalue weighted by Crippen LogP contribution is 2.33. The molecule has 4 rings (SSSR count). The molecule has 0 aliphatic heterocycles. The summed E-state index contributed by atoms with van der Waals surface area (Å²) < 4.78 is 6.03. The van der Waals surface area contributed by atoms with Crippen molar-refractivity contribution in [3.8, 4) is 45.3 Å². The van der Waals surface area contributed by atoms with Gasteiger partial charge in [-0.1, -0.05) is 48.6 Å². The Morgan fingerprint density at radius 2 is 0.943 bits per heavy atom. The summed E-state index contributed by atoms with van der Waals surface area (Å²) in [6, 6.07) is 26.6. The molecule has 0 aromatic heterocycles. The first-order valence-electron chi connectivity index (χ1n) is 11.3. The van der Waals surface area contributed by atoms with E-state index in [9.17, 15) is 10.2 Å². The van der Waals surface area contributed by atoms with Crippen molar-refractivity contribution in [2.24, 2.45) is 0 Å². The number of rotatable bonds is 10. The smallest absolute Gasteiger partial charge is 0.138 e. The lowest BCUT2D eigenvalue weighted by Crippen LogP contribution is -1.98. The van der Waals surface area contributed by atoms with Crippen molar-refractivity contribution in [1.29, 1.82) is 0 Å². The zero-order valence-corrected chi connectivity index (χ0v) is 19.4. The number of aromatic hydroxyl groups is 2. The molecule has 4 N–H and O–H groups in total. The SMILES string of the molecule is C=CCNc1cc(-c2ccc(Oc3ccc(-c4ccc(O)c(NCC=C)c4)cc3)cc2)ccc1O. The molecule has 0 saturated heterocycles. The van der Waals surface area contributed by atoms with Crippen LogP contribution in [0.2, 0.25) is 0 Å². The van der Waals surface area contributed by atoms with E-state index in [0.717, 1.165) is 33.8 Å². The Morgan fingerprint density at radius 1 is 0.571 bits per heavy atom. The fourth-order valence-corrected chi connectivity index (χ4v) is 3.65. The van der Waals surface area contributed by atoms with Crippen LogP contribution in [0.3, 0.4) is 0 Å². The summed E-state index contributed by atoms with van der Waals surface area (Å²) in [6.07, 6.45) is 3.49. The fourth-order valence-electron chi connectivity index (χ4n) is 3.65. The van der Waals surface area contributed by atoms with Crippen molar-refractivity contribution in [2.45, 2.75) is 0 Å². The van der Waals surface area contributed by atoms with Crippen molar-refractivity contribution in [1.82, 2.24) is 0 Å². The van der Waals surface area contributed by atoms with Crippen molar-refractivity contribution in [3.05, 3.63) is 110 Å². The number of benzene rings is 4. The zero-order valence-electron chi connectivity index (χ0n) is 19.4. The Kier molecular flexibility index (Phi) is 7.38. The summed E-state index contributed by atoms with van der Waals surface area (Å²) in [5, 5.41) is 26.3. The quantitative estimate of drug-likeness (QED) is 0.145. The van der Waals surface area contributed by atoms with E-state index in [-0.39, 0.29) is 11.5 Å². The van der Waals surface area contributed by atoms with Gasteiger partial charge in [-0.15, -0.1) is 13.2 Å². The second-order valence-electron chi connectivity index (χ2n) is 7.95. The van der Waals surface area contributed by atoms with Crippen LogP contribution in [-0.4, -0.2) is 23.3 Å². The lowest BCUT2D eigenvalue weighted by Gasteiger charge is -2.11. The van der Waals surface area contributed by atoms with E-state index in [1.807, 2.05) is 72.8 Å². The van der Waals surface area contributed by atoms with Crippen molar-refractivity contribution >= 4 is 11.4 Å². The minimum Gasteiger partial charge on any atom is -0.506 e.